The van der Waals surface area contributed by atoms with Crippen molar-refractivity contribution in [2.75, 3.05) is 0 Å². The van der Waals surface area contributed by atoms with E-state index in [-0.39, 0.29) is 0 Å². The minimum Gasteiger partial charge on any atom is -0.356 e. The molecule has 2 aromatic rings. The second-order valence-corrected chi connectivity index (χ2v) is 3.42. The topological polar surface area (TPSA) is 27.1 Å². The van der Waals surface area contributed by atoms with Crippen molar-refractivity contribution in [2.24, 2.45) is 0 Å². The maximum atomic E-state index is 5.89. The van der Waals surface area contributed by atoms with E-state index in [4.69, 9.17) is 28.0 Å². The fraction of sp³-hybridized carbons (Fsp3) is 0. The lowest BCUT2D eigenvalue weighted by Gasteiger charge is -2.05. The summed E-state index contributed by atoms with van der Waals surface area (Å²) < 4.78 is 0. The van der Waals surface area contributed by atoms with E-state index in [2.05, 4.69) is 5.10 Å². The molecule has 0 aliphatic rings. The summed E-state index contributed by atoms with van der Waals surface area (Å²) in [5, 5.41) is 4.93. The van der Waals surface area contributed by atoms with Crippen LogP contribution in [0.4, 0.5) is 0 Å². The largest absolute Gasteiger partial charge is 0.356 e. The second-order valence-electron chi connectivity index (χ2n) is 2.57. The normalized spacial score (nSPS) is 10.1. The van der Waals surface area contributed by atoms with Crippen molar-refractivity contribution < 1.29 is 4.84 Å². The Kier molecular flexibility index (Phi) is 2.61. The molecule has 0 aliphatic carbocycles. The summed E-state index contributed by atoms with van der Waals surface area (Å²) >= 11 is 11.7. The van der Waals surface area contributed by atoms with Gasteiger partial charge in [0.15, 0.2) is 5.75 Å². The first-order chi connectivity index (χ1) is 6.75. The average molecular weight is 229 g/mol. The minimum atomic E-state index is 0.475. The van der Waals surface area contributed by atoms with Crippen molar-refractivity contribution in [1.29, 1.82) is 0 Å². The highest BCUT2D eigenvalue weighted by atomic mass is 35.5. The fourth-order valence-electron chi connectivity index (χ4n) is 0.957. The van der Waals surface area contributed by atoms with Gasteiger partial charge in [-0.25, -0.2) is 0 Å². The van der Waals surface area contributed by atoms with Crippen LogP contribution in [0.5, 0.6) is 5.75 Å². The molecule has 1 aromatic heterocycles. The van der Waals surface area contributed by atoms with Crippen LogP contribution >= 0.6 is 23.2 Å². The molecule has 0 N–H and O–H groups in total. The van der Waals surface area contributed by atoms with Crippen LogP contribution in [0, 0.1) is 0 Å². The van der Waals surface area contributed by atoms with Crippen molar-refractivity contribution in [2.45, 2.75) is 0 Å². The Morgan fingerprint density at radius 2 is 2.14 bits per heavy atom. The maximum absolute atomic E-state index is 5.89. The molecule has 0 aliphatic heterocycles. The molecule has 0 radical (unpaired) electrons. The molecule has 3 nitrogen and oxygen atoms in total. The first-order valence-electron chi connectivity index (χ1n) is 3.89. The van der Waals surface area contributed by atoms with Gasteiger partial charge < -0.3 is 4.84 Å². The second kappa shape index (κ2) is 3.90. The van der Waals surface area contributed by atoms with Gasteiger partial charge in [-0.15, -0.1) is 9.94 Å². The molecule has 2 rings (SSSR count). The maximum Gasteiger partial charge on any atom is 0.177 e. The van der Waals surface area contributed by atoms with Gasteiger partial charge in [0.05, 0.1) is 17.4 Å². The zero-order chi connectivity index (χ0) is 9.97. The number of hydrogen-bond acceptors (Lipinski definition) is 2. The monoisotopic (exact) mass is 228 g/mol. The standard InChI is InChI=1S/C9H6Cl2N2O/c10-7-2-3-8(11)9(6-7)14-13-5-1-4-12-13/h1-6H. The highest BCUT2D eigenvalue weighted by Crippen LogP contribution is 2.27. The van der Waals surface area contributed by atoms with Gasteiger partial charge in [-0.1, -0.05) is 23.2 Å². The van der Waals surface area contributed by atoms with Crippen LogP contribution in [0.3, 0.4) is 0 Å². The third-order valence-corrected chi connectivity index (χ3v) is 2.11. The van der Waals surface area contributed by atoms with Crippen molar-refractivity contribution in [1.82, 2.24) is 9.94 Å². The number of nitrogens with zero attached hydrogens (tertiary/aromatic N) is 2. The average Bonchev–Trinajstić information content (AvgIpc) is 2.64. The Morgan fingerprint density at radius 3 is 2.86 bits per heavy atom. The summed E-state index contributed by atoms with van der Waals surface area (Å²) in [5.74, 6) is 0.475. The molecule has 72 valence electrons. The molecule has 0 saturated carbocycles. The van der Waals surface area contributed by atoms with Crippen LogP contribution in [-0.4, -0.2) is 9.94 Å². The summed E-state index contributed by atoms with van der Waals surface area (Å²) in [5.41, 5.74) is 0. The molecule has 5 heteroatoms. The van der Waals surface area contributed by atoms with Crippen molar-refractivity contribution >= 4 is 23.2 Å². The lowest BCUT2D eigenvalue weighted by atomic mass is 10.3. The molecule has 0 amide bonds. The summed E-state index contributed by atoms with van der Waals surface area (Å²) in [6.45, 7) is 0. The van der Waals surface area contributed by atoms with E-state index in [0.29, 0.717) is 15.8 Å². The lowest BCUT2D eigenvalue weighted by molar-refractivity contribution is 0.179. The smallest absolute Gasteiger partial charge is 0.177 e. The van der Waals surface area contributed by atoms with Gasteiger partial charge >= 0.3 is 0 Å². The Hall–Kier alpha value is -1.19. The first kappa shape index (κ1) is 9.37. The van der Waals surface area contributed by atoms with Crippen LogP contribution in [0.25, 0.3) is 0 Å². The summed E-state index contributed by atoms with van der Waals surface area (Å²) in [6, 6.07) is 6.74. The molecule has 1 heterocycles. The van der Waals surface area contributed by atoms with Crippen LogP contribution in [0.1, 0.15) is 0 Å². The predicted octanol–water partition coefficient (Wildman–Crippen LogP) is 3.03. The molecular formula is C9H6Cl2N2O. The van der Waals surface area contributed by atoms with Crippen molar-refractivity contribution in [3.63, 3.8) is 0 Å². The molecular weight excluding hydrogens is 223 g/mol. The van der Waals surface area contributed by atoms with Crippen molar-refractivity contribution in [3.05, 3.63) is 46.7 Å². The highest BCUT2D eigenvalue weighted by molar-refractivity contribution is 6.34. The van der Waals surface area contributed by atoms with E-state index in [1.54, 1.807) is 36.7 Å². The van der Waals surface area contributed by atoms with E-state index in [1.165, 1.54) is 4.85 Å². The Balaban J connectivity index is 2.28. The molecule has 0 bridgehead atoms. The Labute approximate surface area is 90.8 Å². The molecule has 0 spiro atoms. The van der Waals surface area contributed by atoms with E-state index in [9.17, 15) is 0 Å². The SMILES string of the molecule is Clc1ccc(Cl)c(On2cccn2)c1. The fourth-order valence-corrected chi connectivity index (χ4v) is 1.27. The van der Waals surface area contributed by atoms with Crippen LogP contribution in [-0.2, 0) is 0 Å². The van der Waals surface area contributed by atoms with Gasteiger partial charge in [0.1, 0.15) is 0 Å². The van der Waals surface area contributed by atoms with Crippen LogP contribution < -0.4 is 4.84 Å². The Morgan fingerprint density at radius 1 is 1.29 bits per heavy atom. The quantitative estimate of drug-likeness (QED) is 0.791. The van der Waals surface area contributed by atoms with Gasteiger partial charge in [-0.2, -0.15) is 0 Å². The third-order valence-electron chi connectivity index (χ3n) is 1.57. The molecule has 0 unspecified atom stereocenters. The first-order valence-corrected chi connectivity index (χ1v) is 4.64. The van der Waals surface area contributed by atoms with E-state index in [1.807, 2.05) is 0 Å². The van der Waals surface area contributed by atoms with Crippen molar-refractivity contribution in [3.8, 4) is 5.75 Å². The molecule has 0 fully saturated rings. The van der Waals surface area contributed by atoms with E-state index in [0.717, 1.165) is 0 Å². The van der Waals surface area contributed by atoms with Gasteiger partial charge in [-0.3, -0.25) is 0 Å². The minimum absolute atomic E-state index is 0.475. The van der Waals surface area contributed by atoms with Gasteiger partial charge in [-0.05, 0) is 18.2 Å². The summed E-state index contributed by atoms with van der Waals surface area (Å²) in [7, 11) is 0. The summed E-state index contributed by atoms with van der Waals surface area (Å²) in [4.78, 5) is 6.62. The Bertz CT molecular complexity index is 428. The van der Waals surface area contributed by atoms with Crippen LogP contribution in [0.15, 0.2) is 36.7 Å². The third kappa shape index (κ3) is 2.00. The number of benzene rings is 1. The number of aromatic nitrogens is 2. The zero-order valence-corrected chi connectivity index (χ0v) is 8.53. The van der Waals surface area contributed by atoms with Gasteiger partial charge in [0, 0.05) is 11.1 Å². The number of hydrogen-bond donors (Lipinski definition) is 0. The zero-order valence-electron chi connectivity index (χ0n) is 7.02. The summed E-state index contributed by atoms with van der Waals surface area (Å²) in [6.07, 6.45) is 3.27. The number of halogens is 2. The molecule has 0 saturated heterocycles. The molecule has 0 atom stereocenters. The number of rotatable bonds is 2. The van der Waals surface area contributed by atoms with E-state index >= 15 is 0 Å². The van der Waals surface area contributed by atoms with Gasteiger partial charge in [0.25, 0.3) is 0 Å². The predicted molar refractivity (Wildman–Crippen MR) is 54.7 cm³/mol. The van der Waals surface area contributed by atoms with E-state index < -0.39 is 0 Å². The lowest BCUT2D eigenvalue weighted by Crippen LogP contribution is -2.05. The van der Waals surface area contributed by atoms with Gasteiger partial charge in [0.2, 0.25) is 0 Å². The highest BCUT2D eigenvalue weighted by Gasteiger charge is 2.03. The van der Waals surface area contributed by atoms with Crippen LogP contribution in [0.2, 0.25) is 10.0 Å². The molecule has 1 aromatic carbocycles. The molecule has 14 heavy (non-hydrogen) atoms.